The summed E-state index contributed by atoms with van der Waals surface area (Å²) in [5, 5.41) is 0.573. The Morgan fingerprint density at radius 2 is 2.05 bits per heavy atom. The number of aryl methyl sites for hydroxylation is 1. The van der Waals surface area contributed by atoms with Crippen LogP contribution in [0.4, 0.5) is 0 Å². The molecule has 3 nitrogen and oxygen atoms in total. The number of amides is 1. The number of benzene rings is 1. The number of hydrogen-bond acceptors (Lipinski definition) is 2. The zero-order chi connectivity index (χ0) is 13.1. The van der Waals surface area contributed by atoms with Crippen LogP contribution in [0.25, 0.3) is 0 Å². The molecule has 1 aromatic rings. The van der Waals surface area contributed by atoms with Gasteiger partial charge in [-0.25, -0.2) is 0 Å². The highest BCUT2D eigenvalue weighted by Crippen LogP contribution is 2.24. The van der Waals surface area contributed by atoms with Crippen molar-refractivity contribution in [2.45, 2.75) is 19.8 Å². The third-order valence-electron chi connectivity index (χ3n) is 3.66. The van der Waals surface area contributed by atoms with Gasteiger partial charge in [0.1, 0.15) is 0 Å². The van der Waals surface area contributed by atoms with Crippen LogP contribution in [-0.4, -0.2) is 30.4 Å². The number of halogens is 2. The summed E-state index contributed by atoms with van der Waals surface area (Å²) < 4.78 is 0. The van der Waals surface area contributed by atoms with Crippen LogP contribution in [-0.2, 0) is 0 Å². The van der Waals surface area contributed by atoms with Crippen molar-refractivity contribution in [2.75, 3.05) is 19.6 Å². The second-order valence-electron chi connectivity index (χ2n) is 4.91. The first-order valence-electron chi connectivity index (χ1n) is 6.38. The lowest BCUT2D eigenvalue weighted by Gasteiger charge is -2.31. The molecule has 1 saturated heterocycles. The fourth-order valence-electron chi connectivity index (χ4n) is 2.35. The summed E-state index contributed by atoms with van der Waals surface area (Å²) in [7, 11) is 0. The molecule has 0 unspecified atom stereocenters. The van der Waals surface area contributed by atoms with Crippen molar-refractivity contribution in [3.8, 4) is 0 Å². The molecule has 2 rings (SSSR count). The highest BCUT2D eigenvalue weighted by molar-refractivity contribution is 6.34. The Balaban J connectivity index is 0.00000180. The quantitative estimate of drug-likeness (QED) is 0.913. The van der Waals surface area contributed by atoms with E-state index in [0.717, 1.165) is 31.5 Å². The lowest BCUT2D eigenvalue weighted by atomic mass is 9.96. The van der Waals surface area contributed by atoms with E-state index in [9.17, 15) is 4.79 Å². The molecule has 1 aliphatic heterocycles. The smallest absolute Gasteiger partial charge is 0.255 e. The van der Waals surface area contributed by atoms with Gasteiger partial charge in [0, 0.05) is 13.1 Å². The summed E-state index contributed by atoms with van der Waals surface area (Å²) in [5.41, 5.74) is 7.21. The third-order valence-corrected chi connectivity index (χ3v) is 4.16. The highest BCUT2D eigenvalue weighted by atomic mass is 35.5. The standard InChI is InChI=1S/C14H19ClN2O.ClH/c1-10-3-2-4-12(13(10)15)14(18)17-7-5-11(9-16)6-8-17;/h2-4,11H,5-9,16H2,1H3;1H. The zero-order valence-electron chi connectivity index (χ0n) is 11.1. The monoisotopic (exact) mass is 302 g/mol. The topological polar surface area (TPSA) is 46.3 Å². The molecule has 1 aliphatic rings. The van der Waals surface area contributed by atoms with Gasteiger partial charge in [-0.1, -0.05) is 23.7 Å². The van der Waals surface area contributed by atoms with Crippen LogP contribution >= 0.6 is 24.0 Å². The largest absolute Gasteiger partial charge is 0.339 e. The molecule has 2 N–H and O–H groups in total. The number of rotatable bonds is 2. The van der Waals surface area contributed by atoms with E-state index in [1.54, 1.807) is 6.07 Å². The fourth-order valence-corrected chi connectivity index (χ4v) is 2.56. The van der Waals surface area contributed by atoms with E-state index in [4.69, 9.17) is 17.3 Å². The molecule has 5 heteroatoms. The molecule has 0 spiro atoms. The van der Waals surface area contributed by atoms with Gasteiger partial charge < -0.3 is 10.6 Å². The lowest BCUT2D eigenvalue weighted by Crippen LogP contribution is -2.40. The van der Waals surface area contributed by atoms with Crippen LogP contribution in [0, 0.1) is 12.8 Å². The van der Waals surface area contributed by atoms with Crippen LogP contribution in [0.15, 0.2) is 18.2 Å². The molecule has 0 saturated carbocycles. The van der Waals surface area contributed by atoms with Gasteiger partial charge in [-0.05, 0) is 43.9 Å². The predicted octanol–water partition coefficient (Wildman–Crippen LogP) is 2.88. The highest BCUT2D eigenvalue weighted by Gasteiger charge is 2.24. The van der Waals surface area contributed by atoms with Crippen LogP contribution in [0.5, 0.6) is 0 Å². The summed E-state index contributed by atoms with van der Waals surface area (Å²) in [5.74, 6) is 0.598. The van der Waals surface area contributed by atoms with Crippen LogP contribution in [0.1, 0.15) is 28.8 Å². The van der Waals surface area contributed by atoms with Gasteiger partial charge in [-0.2, -0.15) is 0 Å². The molecule has 1 aromatic carbocycles. The first-order chi connectivity index (χ1) is 8.63. The molecule has 19 heavy (non-hydrogen) atoms. The van der Waals surface area contributed by atoms with E-state index in [0.29, 0.717) is 23.0 Å². The molecular formula is C14H20Cl2N2O. The van der Waals surface area contributed by atoms with E-state index < -0.39 is 0 Å². The van der Waals surface area contributed by atoms with Gasteiger partial charge in [0.15, 0.2) is 0 Å². The Morgan fingerprint density at radius 3 is 2.63 bits per heavy atom. The maximum atomic E-state index is 12.4. The number of carbonyl (C=O) groups is 1. The van der Waals surface area contributed by atoms with Gasteiger partial charge in [-0.15, -0.1) is 12.4 Å². The van der Waals surface area contributed by atoms with E-state index in [2.05, 4.69) is 0 Å². The minimum atomic E-state index is 0. The first kappa shape index (κ1) is 16.3. The molecule has 0 radical (unpaired) electrons. The predicted molar refractivity (Wildman–Crippen MR) is 81.1 cm³/mol. The Bertz CT molecular complexity index is 443. The normalized spacial score (nSPS) is 16.1. The summed E-state index contributed by atoms with van der Waals surface area (Å²) in [4.78, 5) is 14.3. The molecule has 0 aromatic heterocycles. The Labute approximate surface area is 125 Å². The lowest BCUT2D eigenvalue weighted by molar-refractivity contribution is 0.0693. The Morgan fingerprint density at radius 1 is 1.42 bits per heavy atom. The average Bonchev–Trinajstić information content (AvgIpc) is 2.41. The van der Waals surface area contributed by atoms with Crippen molar-refractivity contribution >= 4 is 29.9 Å². The van der Waals surface area contributed by atoms with Crippen molar-refractivity contribution in [1.82, 2.24) is 4.90 Å². The van der Waals surface area contributed by atoms with E-state index in [1.807, 2.05) is 24.0 Å². The molecule has 1 amide bonds. The van der Waals surface area contributed by atoms with E-state index in [1.165, 1.54) is 0 Å². The number of piperidine rings is 1. The zero-order valence-corrected chi connectivity index (χ0v) is 12.6. The number of likely N-dealkylation sites (tertiary alicyclic amines) is 1. The molecule has 1 fully saturated rings. The number of nitrogens with two attached hydrogens (primary N) is 1. The van der Waals surface area contributed by atoms with Gasteiger partial charge >= 0.3 is 0 Å². The van der Waals surface area contributed by atoms with E-state index >= 15 is 0 Å². The number of nitrogens with zero attached hydrogens (tertiary/aromatic N) is 1. The van der Waals surface area contributed by atoms with Crippen LogP contribution in [0.3, 0.4) is 0 Å². The molecule has 0 bridgehead atoms. The third kappa shape index (κ3) is 3.62. The second kappa shape index (κ2) is 7.13. The fraction of sp³-hybridized carbons (Fsp3) is 0.500. The minimum absolute atomic E-state index is 0. The maximum absolute atomic E-state index is 12.4. The number of hydrogen-bond donors (Lipinski definition) is 1. The van der Waals surface area contributed by atoms with Gasteiger partial charge in [0.05, 0.1) is 10.6 Å². The Kier molecular flexibility index (Phi) is 6.11. The van der Waals surface area contributed by atoms with Gasteiger partial charge in [0.25, 0.3) is 5.91 Å². The first-order valence-corrected chi connectivity index (χ1v) is 6.75. The minimum Gasteiger partial charge on any atom is -0.339 e. The van der Waals surface area contributed by atoms with Crippen molar-refractivity contribution in [1.29, 1.82) is 0 Å². The molecule has 0 atom stereocenters. The van der Waals surface area contributed by atoms with Crippen molar-refractivity contribution in [3.63, 3.8) is 0 Å². The number of carbonyl (C=O) groups excluding carboxylic acids is 1. The summed E-state index contributed by atoms with van der Waals surface area (Å²) >= 11 is 6.20. The van der Waals surface area contributed by atoms with Gasteiger partial charge in [0.2, 0.25) is 0 Å². The van der Waals surface area contributed by atoms with Crippen molar-refractivity contribution < 1.29 is 4.79 Å². The maximum Gasteiger partial charge on any atom is 0.255 e. The molecule has 1 heterocycles. The van der Waals surface area contributed by atoms with Crippen LogP contribution in [0.2, 0.25) is 5.02 Å². The van der Waals surface area contributed by atoms with Crippen molar-refractivity contribution in [2.24, 2.45) is 11.7 Å². The van der Waals surface area contributed by atoms with Crippen LogP contribution < -0.4 is 5.73 Å². The Hall–Kier alpha value is -0.770. The SMILES string of the molecule is Cc1cccc(C(=O)N2CCC(CN)CC2)c1Cl.Cl. The molecule has 106 valence electrons. The van der Waals surface area contributed by atoms with E-state index in [-0.39, 0.29) is 18.3 Å². The van der Waals surface area contributed by atoms with Gasteiger partial charge in [-0.3, -0.25) is 4.79 Å². The summed E-state index contributed by atoms with van der Waals surface area (Å²) in [6.45, 7) is 4.20. The second-order valence-corrected chi connectivity index (χ2v) is 5.29. The summed E-state index contributed by atoms with van der Waals surface area (Å²) in [6.07, 6.45) is 1.98. The summed E-state index contributed by atoms with van der Waals surface area (Å²) in [6, 6.07) is 5.59. The molecule has 0 aliphatic carbocycles. The van der Waals surface area contributed by atoms with Crippen molar-refractivity contribution in [3.05, 3.63) is 34.3 Å². The average molecular weight is 303 g/mol. The molecular weight excluding hydrogens is 283 g/mol.